The van der Waals surface area contributed by atoms with Crippen LogP contribution in [0, 0.1) is 11.6 Å². The number of rotatable bonds is 0. The number of aromatic nitrogens is 2. The number of fused-ring (bicyclic) bond motifs is 6. The lowest BCUT2D eigenvalue weighted by molar-refractivity contribution is 0.0467. The molecule has 156 valence electrons. The van der Waals surface area contributed by atoms with Crippen LogP contribution in [0.3, 0.4) is 0 Å². The first-order valence-corrected chi connectivity index (χ1v) is 10.6. The summed E-state index contributed by atoms with van der Waals surface area (Å²) in [6, 6.07) is 3.57. The van der Waals surface area contributed by atoms with Crippen molar-refractivity contribution in [3.63, 3.8) is 0 Å². The van der Waals surface area contributed by atoms with Gasteiger partial charge in [0.2, 0.25) is 0 Å². The maximum atomic E-state index is 14.5. The fraction of sp³-hybridized carbons (Fsp3) is 0.111. The number of ether oxygens (including phenoxy) is 1. The van der Waals surface area contributed by atoms with Crippen molar-refractivity contribution in [1.29, 1.82) is 0 Å². The van der Waals surface area contributed by atoms with Gasteiger partial charge in [-0.15, -0.1) is 0 Å². The van der Waals surface area contributed by atoms with Crippen molar-refractivity contribution in [3.05, 3.63) is 57.8 Å². The Balaban J connectivity index is 2.01. The highest BCUT2D eigenvalue weighted by Gasteiger charge is 2.27. The number of anilines is 1. The van der Waals surface area contributed by atoms with Gasteiger partial charge in [0, 0.05) is 30.4 Å². The number of nitrogens with zero attached hydrogens (tertiary/aromatic N) is 2. The van der Waals surface area contributed by atoms with E-state index in [0.29, 0.717) is 6.07 Å². The molecule has 1 aromatic heterocycles. The van der Waals surface area contributed by atoms with Crippen LogP contribution in [-0.4, -0.2) is 29.3 Å². The quantitative estimate of drug-likeness (QED) is 0.459. The lowest BCUT2D eigenvalue weighted by Crippen LogP contribution is -2.16. The Hall–Kier alpha value is -2.99. The summed E-state index contributed by atoms with van der Waals surface area (Å²) in [6.45, 7) is -0.352. The van der Waals surface area contributed by atoms with E-state index in [1.807, 2.05) is 4.72 Å². The van der Waals surface area contributed by atoms with Gasteiger partial charge < -0.3 is 9.84 Å². The fourth-order valence-electron chi connectivity index (χ4n) is 3.01. The molecule has 0 radical (unpaired) electrons. The van der Waals surface area contributed by atoms with Crippen LogP contribution >= 0.6 is 15.9 Å². The van der Waals surface area contributed by atoms with E-state index in [1.54, 1.807) is 7.05 Å². The zero-order chi connectivity index (χ0) is 21.8. The first-order valence-electron chi connectivity index (χ1n) is 8.31. The van der Waals surface area contributed by atoms with E-state index in [1.165, 1.54) is 16.9 Å². The summed E-state index contributed by atoms with van der Waals surface area (Å²) in [5.41, 5.74) is -0.505. The summed E-state index contributed by atoms with van der Waals surface area (Å²) in [4.78, 5) is 11.8. The molecule has 0 saturated heterocycles. The Labute approximate surface area is 177 Å². The van der Waals surface area contributed by atoms with Crippen molar-refractivity contribution in [2.45, 2.75) is 11.5 Å². The van der Waals surface area contributed by atoms with E-state index in [4.69, 9.17) is 4.74 Å². The molecule has 1 aliphatic rings. The van der Waals surface area contributed by atoms with E-state index >= 15 is 0 Å². The van der Waals surface area contributed by atoms with Crippen molar-refractivity contribution in [2.75, 3.05) is 4.72 Å². The number of hydrogen-bond acceptors (Lipinski definition) is 6. The fourth-order valence-corrected chi connectivity index (χ4v) is 4.81. The summed E-state index contributed by atoms with van der Waals surface area (Å²) >= 11 is 2.99. The maximum Gasteiger partial charge on any atom is 0.338 e. The molecule has 1 aliphatic heterocycles. The summed E-state index contributed by atoms with van der Waals surface area (Å²) in [5.74, 6) is -3.72. The lowest BCUT2D eigenvalue weighted by atomic mass is 10.0. The largest absolute Gasteiger partial charge is 0.505 e. The predicted octanol–water partition coefficient (Wildman–Crippen LogP) is 3.30. The molecule has 0 unspecified atom stereocenters. The first kappa shape index (κ1) is 20.3. The van der Waals surface area contributed by atoms with Gasteiger partial charge in [0.05, 0.1) is 15.7 Å². The minimum Gasteiger partial charge on any atom is -0.505 e. The molecule has 2 aromatic carbocycles. The van der Waals surface area contributed by atoms with Crippen molar-refractivity contribution >= 4 is 37.6 Å². The molecule has 4 rings (SSSR count). The minimum atomic E-state index is -4.56. The third kappa shape index (κ3) is 3.41. The number of sulfonamides is 1. The average molecular weight is 500 g/mol. The van der Waals surface area contributed by atoms with Crippen molar-refractivity contribution in [3.8, 4) is 16.9 Å². The van der Waals surface area contributed by atoms with Crippen LogP contribution in [0.5, 0.6) is 5.75 Å². The molecule has 2 heterocycles. The number of carbonyl (C=O) groups is 1. The van der Waals surface area contributed by atoms with Gasteiger partial charge in [-0.25, -0.2) is 22.0 Å². The van der Waals surface area contributed by atoms with Gasteiger partial charge in [0.25, 0.3) is 10.0 Å². The van der Waals surface area contributed by atoms with Crippen LogP contribution in [0.2, 0.25) is 0 Å². The highest BCUT2D eigenvalue weighted by atomic mass is 79.9. The van der Waals surface area contributed by atoms with Gasteiger partial charge in [-0.05, 0) is 34.1 Å². The zero-order valence-corrected chi connectivity index (χ0v) is 17.5. The zero-order valence-electron chi connectivity index (χ0n) is 15.1. The highest BCUT2D eigenvalue weighted by Crippen LogP contribution is 2.36. The SMILES string of the molecule is Cn1cc2c(n1)COC(=O)c1cc(Br)c(O)c(c1)S(=O)(=O)Nc1cc-2c(F)cc1F. The van der Waals surface area contributed by atoms with Crippen LogP contribution in [0.15, 0.2) is 39.8 Å². The normalized spacial score (nSPS) is 15.1. The Morgan fingerprint density at radius 1 is 1.20 bits per heavy atom. The van der Waals surface area contributed by atoms with E-state index in [2.05, 4.69) is 21.0 Å². The third-order valence-electron chi connectivity index (χ3n) is 4.39. The number of nitrogens with one attached hydrogen (secondary N) is 1. The monoisotopic (exact) mass is 499 g/mol. The molecule has 2 N–H and O–H groups in total. The second-order valence-corrected chi connectivity index (χ2v) is 8.97. The minimum absolute atomic E-state index is 0.0917. The summed E-state index contributed by atoms with van der Waals surface area (Å²) < 4.78 is 63.0. The Kier molecular flexibility index (Phi) is 4.77. The van der Waals surface area contributed by atoms with E-state index in [0.717, 1.165) is 12.1 Å². The van der Waals surface area contributed by atoms with Crippen molar-refractivity contribution in [2.24, 2.45) is 7.05 Å². The number of benzene rings is 2. The van der Waals surface area contributed by atoms with Crippen LogP contribution in [-0.2, 0) is 28.4 Å². The first-order chi connectivity index (χ1) is 14.1. The number of aromatic hydroxyl groups is 1. The molecule has 0 saturated carbocycles. The molecule has 30 heavy (non-hydrogen) atoms. The summed E-state index contributed by atoms with van der Waals surface area (Å²) in [5, 5.41) is 14.3. The van der Waals surface area contributed by atoms with Crippen LogP contribution in [0.1, 0.15) is 16.1 Å². The molecule has 8 nitrogen and oxygen atoms in total. The van der Waals surface area contributed by atoms with Crippen LogP contribution in [0.4, 0.5) is 14.5 Å². The van der Waals surface area contributed by atoms with E-state index < -0.39 is 44.0 Å². The van der Waals surface area contributed by atoms with Crippen LogP contribution < -0.4 is 4.72 Å². The molecule has 0 atom stereocenters. The summed E-state index contributed by atoms with van der Waals surface area (Å²) in [6.07, 6.45) is 1.43. The molecule has 3 aromatic rings. The van der Waals surface area contributed by atoms with Crippen molar-refractivity contribution in [1.82, 2.24) is 9.78 Å². The van der Waals surface area contributed by atoms with Gasteiger partial charge in [0.1, 0.15) is 34.6 Å². The average Bonchev–Trinajstić information content (AvgIpc) is 3.03. The Morgan fingerprint density at radius 2 is 1.93 bits per heavy atom. The number of phenolic OH excluding ortho intramolecular Hbond substituents is 1. The number of aryl methyl sites for hydroxylation is 1. The van der Waals surface area contributed by atoms with Crippen LogP contribution in [0.25, 0.3) is 11.1 Å². The third-order valence-corrected chi connectivity index (χ3v) is 6.37. The molecular weight excluding hydrogens is 488 g/mol. The van der Waals surface area contributed by atoms with Gasteiger partial charge in [-0.1, -0.05) is 0 Å². The topological polar surface area (TPSA) is 111 Å². The van der Waals surface area contributed by atoms with Gasteiger partial charge in [-0.3, -0.25) is 9.40 Å². The molecule has 4 bridgehead atoms. The Morgan fingerprint density at radius 3 is 2.67 bits per heavy atom. The van der Waals surface area contributed by atoms with Crippen molar-refractivity contribution < 1.29 is 31.8 Å². The molecule has 0 aliphatic carbocycles. The highest BCUT2D eigenvalue weighted by molar-refractivity contribution is 9.10. The summed E-state index contributed by atoms with van der Waals surface area (Å²) in [7, 11) is -3.00. The smallest absolute Gasteiger partial charge is 0.338 e. The second-order valence-electron chi connectivity index (χ2n) is 6.46. The van der Waals surface area contributed by atoms with Gasteiger partial charge in [-0.2, -0.15) is 5.10 Å². The molecular formula is C18H12BrF2N3O5S. The second kappa shape index (κ2) is 7.06. The van der Waals surface area contributed by atoms with Gasteiger partial charge >= 0.3 is 5.97 Å². The lowest BCUT2D eigenvalue weighted by Gasteiger charge is -2.13. The van der Waals surface area contributed by atoms with Gasteiger partial charge in [0.15, 0.2) is 0 Å². The standard InChI is InChI=1S/C18H12BrF2N3O5S/c1-24-6-10-9-4-14(13(21)5-12(9)20)23-30(27,28)16-3-8(2-11(19)17(16)25)18(26)29-7-15(10)22-24/h2-6,23,25H,7H2,1H3. The predicted molar refractivity (Wildman–Crippen MR) is 104 cm³/mol. The number of carbonyl (C=O) groups excluding carboxylic acids is 1. The van der Waals surface area contributed by atoms with E-state index in [-0.39, 0.29) is 33.5 Å². The number of phenols is 1. The molecule has 0 amide bonds. The molecule has 0 fully saturated rings. The number of hydrogen-bond donors (Lipinski definition) is 2. The number of halogens is 3. The number of esters is 1. The maximum absolute atomic E-state index is 14.5. The molecule has 12 heteroatoms. The van der Waals surface area contributed by atoms with E-state index in [9.17, 15) is 27.1 Å². The Bertz CT molecular complexity index is 1320. The molecule has 0 spiro atoms. The number of cyclic esters (lactones) is 1.